The summed E-state index contributed by atoms with van der Waals surface area (Å²) < 4.78 is 54.0. The van der Waals surface area contributed by atoms with Crippen LogP contribution in [0.2, 0.25) is 20.1 Å². The second kappa shape index (κ2) is 9.64. The lowest BCUT2D eigenvalue weighted by molar-refractivity contribution is -0.117. The molecule has 3 aromatic rings. The van der Waals surface area contributed by atoms with Gasteiger partial charge in [-0.05, 0) is 17.7 Å². The second-order valence-corrected chi connectivity index (χ2v) is 7.78. The highest BCUT2D eigenvalue weighted by Gasteiger charge is 2.29. The van der Waals surface area contributed by atoms with Crippen LogP contribution in [0.3, 0.4) is 0 Å². The monoisotopic (exact) mass is 517 g/mol. The molecule has 0 atom stereocenters. The molecule has 0 aliphatic carbocycles. The van der Waals surface area contributed by atoms with Crippen LogP contribution in [0.15, 0.2) is 24.4 Å². The molecule has 0 spiro atoms. The van der Waals surface area contributed by atoms with E-state index in [1.165, 1.54) is 10.9 Å². The number of halogens is 8. The van der Waals surface area contributed by atoms with E-state index in [0.717, 1.165) is 0 Å². The summed E-state index contributed by atoms with van der Waals surface area (Å²) in [5.74, 6) is -0.943. The SMILES string of the molecule is O=C(Cn1nc(C(F)F)c(Cl)c1C(F)F)Nc1nn(Cc2ccc(Cl)cc2Cl)cc1Cl. The molecule has 6 nitrogen and oxygen atoms in total. The van der Waals surface area contributed by atoms with Crippen molar-refractivity contribution in [3.8, 4) is 0 Å². The number of hydrogen-bond acceptors (Lipinski definition) is 3. The summed E-state index contributed by atoms with van der Waals surface area (Å²) in [4.78, 5) is 12.3. The van der Waals surface area contributed by atoms with Crippen LogP contribution in [-0.4, -0.2) is 25.5 Å². The Morgan fingerprint density at radius 1 is 1.03 bits per heavy atom. The summed E-state index contributed by atoms with van der Waals surface area (Å²) in [6.45, 7) is -0.605. The minimum Gasteiger partial charge on any atom is -0.306 e. The standard InChI is InChI=1S/C17H11Cl4F4N5O/c18-8-2-1-7(9(19)3-8)4-29-5-10(20)17(28-29)26-11(31)6-30-14(16(24)25)12(21)13(27-30)15(22)23/h1-3,5,15-16H,4,6H2,(H,26,28,31). The highest BCUT2D eigenvalue weighted by atomic mass is 35.5. The molecule has 0 fully saturated rings. The van der Waals surface area contributed by atoms with Crippen molar-refractivity contribution in [1.82, 2.24) is 19.6 Å². The summed E-state index contributed by atoms with van der Waals surface area (Å²) >= 11 is 23.6. The Kier molecular flexibility index (Phi) is 7.35. The molecule has 1 N–H and O–H groups in total. The molecule has 2 heterocycles. The van der Waals surface area contributed by atoms with Crippen molar-refractivity contribution in [2.24, 2.45) is 0 Å². The van der Waals surface area contributed by atoms with Gasteiger partial charge >= 0.3 is 0 Å². The Bertz CT molecular complexity index is 1120. The van der Waals surface area contributed by atoms with Crippen LogP contribution in [0.4, 0.5) is 23.4 Å². The van der Waals surface area contributed by atoms with Crippen molar-refractivity contribution in [1.29, 1.82) is 0 Å². The fraction of sp³-hybridized carbons (Fsp3) is 0.235. The number of anilines is 1. The first kappa shape index (κ1) is 23.6. The van der Waals surface area contributed by atoms with E-state index in [2.05, 4.69) is 15.5 Å². The minimum absolute atomic E-state index is 0.0549. The molecule has 0 saturated carbocycles. The van der Waals surface area contributed by atoms with Gasteiger partial charge in [0.05, 0.1) is 11.6 Å². The van der Waals surface area contributed by atoms with E-state index in [1.807, 2.05) is 0 Å². The van der Waals surface area contributed by atoms with E-state index in [4.69, 9.17) is 46.4 Å². The molecule has 31 heavy (non-hydrogen) atoms. The summed E-state index contributed by atoms with van der Waals surface area (Å²) in [6, 6.07) is 4.88. The van der Waals surface area contributed by atoms with Gasteiger partial charge in [-0.3, -0.25) is 14.2 Å². The number of amides is 1. The lowest BCUT2D eigenvalue weighted by atomic mass is 10.2. The molecule has 0 bridgehead atoms. The van der Waals surface area contributed by atoms with Gasteiger partial charge in [-0.1, -0.05) is 52.5 Å². The van der Waals surface area contributed by atoms with E-state index in [1.54, 1.807) is 18.2 Å². The minimum atomic E-state index is -3.22. The van der Waals surface area contributed by atoms with Crippen molar-refractivity contribution in [2.75, 3.05) is 5.32 Å². The maximum absolute atomic E-state index is 13.2. The van der Waals surface area contributed by atoms with E-state index < -0.39 is 41.7 Å². The first-order valence-corrected chi connectivity index (χ1v) is 9.87. The fourth-order valence-corrected chi connectivity index (χ4v) is 3.60. The number of nitrogens with one attached hydrogen (secondary N) is 1. The molecular formula is C17H11Cl4F4N5O. The van der Waals surface area contributed by atoms with Gasteiger partial charge in [0.2, 0.25) is 5.91 Å². The zero-order valence-electron chi connectivity index (χ0n) is 15.1. The quantitative estimate of drug-likeness (QED) is 0.376. The molecule has 0 aliphatic rings. The first-order chi connectivity index (χ1) is 14.6. The molecule has 1 amide bonds. The van der Waals surface area contributed by atoms with Crippen LogP contribution >= 0.6 is 46.4 Å². The number of carbonyl (C=O) groups is 1. The number of hydrogen-bond donors (Lipinski definition) is 1. The van der Waals surface area contributed by atoms with E-state index >= 15 is 0 Å². The number of carbonyl (C=O) groups excluding carboxylic acids is 1. The van der Waals surface area contributed by atoms with Crippen molar-refractivity contribution in [3.63, 3.8) is 0 Å². The zero-order chi connectivity index (χ0) is 22.9. The van der Waals surface area contributed by atoms with Crippen molar-refractivity contribution in [2.45, 2.75) is 25.9 Å². The first-order valence-electron chi connectivity index (χ1n) is 8.36. The predicted octanol–water partition coefficient (Wildman–Crippen LogP) is 6.26. The summed E-state index contributed by atoms with van der Waals surface area (Å²) in [7, 11) is 0. The number of rotatable bonds is 7. The van der Waals surface area contributed by atoms with Crippen molar-refractivity contribution < 1.29 is 22.4 Å². The van der Waals surface area contributed by atoms with Crippen LogP contribution in [-0.2, 0) is 17.9 Å². The average molecular weight is 519 g/mol. The van der Waals surface area contributed by atoms with Gasteiger partial charge in [0.1, 0.15) is 23.0 Å². The number of nitrogens with zero attached hydrogens (tertiary/aromatic N) is 4. The molecule has 0 saturated heterocycles. The van der Waals surface area contributed by atoms with Crippen molar-refractivity contribution in [3.05, 3.63) is 61.4 Å². The van der Waals surface area contributed by atoms with Crippen LogP contribution < -0.4 is 5.32 Å². The highest BCUT2D eigenvalue weighted by Crippen LogP contribution is 2.34. The third-order valence-corrected chi connectivity index (χ3v) is 5.24. The van der Waals surface area contributed by atoms with Gasteiger partial charge in [0, 0.05) is 16.2 Å². The molecule has 0 aliphatic heterocycles. The zero-order valence-corrected chi connectivity index (χ0v) is 18.1. The maximum Gasteiger partial charge on any atom is 0.283 e. The topological polar surface area (TPSA) is 64.7 Å². The lowest BCUT2D eigenvalue weighted by Crippen LogP contribution is -2.21. The average Bonchev–Trinajstić information content (AvgIpc) is 3.16. The van der Waals surface area contributed by atoms with Gasteiger partial charge in [-0.15, -0.1) is 0 Å². The van der Waals surface area contributed by atoms with Gasteiger partial charge < -0.3 is 5.32 Å². The fourth-order valence-electron chi connectivity index (χ4n) is 2.64. The van der Waals surface area contributed by atoms with Gasteiger partial charge in [0.15, 0.2) is 5.82 Å². The molecule has 0 unspecified atom stereocenters. The third-order valence-electron chi connectivity index (χ3n) is 3.99. The molecule has 0 radical (unpaired) electrons. The van der Waals surface area contributed by atoms with E-state index in [9.17, 15) is 22.4 Å². The largest absolute Gasteiger partial charge is 0.306 e. The van der Waals surface area contributed by atoms with Crippen molar-refractivity contribution >= 4 is 58.1 Å². The number of alkyl halides is 4. The Morgan fingerprint density at radius 2 is 1.74 bits per heavy atom. The highest BCUT2D eigenvalue weighted by molar-refractivity contribution is 6.35. The Morgan fingerprint density at radius 3 is 2.35 bits per heavy atom. The Balaban J connectivity index is 1.75. The number of benzene rings is 1. The van der Waals surface area contributed by atoms with Gasteiger partial charge in [-0.25, -0.2) is 17.6 Å². The van der Waals surface area contributed by atoms with Gasteiger partial charge in [0.25, 0.3) is 12.9 Å². The Hall–Kier alpha value is -2.01. The van der Waals surface area contributed by atoms with E-state index in [0.29, 0.717) is 20.3 Å². The Labute approximate surface area is 192 Å². The third kappa shape index (κ3) is 5.43. The van der Waals surface area contributed by atoms with Crippen LogP contribution in [0.1, 0.15) is 29.8 Å². The molecule has 3 rings (SSSR count). The summed E-state index contributed by atoms with van der Waals surface area (Å²) in [6.07, 6.45) is -4.99. The predicted molar refractivity (Wildman–Crippen MR) is 109 cm³/mol. The van der Waals surface area contributed by atoms with Gasteiger partial charge in [-0.2, -0.15) is 10.2 Å². The molecular weight excluding hydrogens is 508 g/mol. The summed E-state index contributed by atoms with van der Waals surface area (Å²) in [5, 5.41) is 9.76. The number of aromatic nitrogens is 4. The van der Waals surface area contributed by atoms with E-state index in [-0.39, 0.29) is 17.4 Å². The van der Waals surface area contributed by atoms with Crippen LogP contribution in [0, 0.1) is 0 Å². The molecule has 1 aromatic carbocycles. The molecule has 14 heteroatoms. The summed E-state index contributed by atoms with van der Waals surface area (Å²) in [5.41, 5.74) is -1.34. The smallest absolute Gasteiger partial charge is 0.283 e. The molecule has 2 aromatic heterocycles. The second-order valence-electron chi connectivity index (χ2n) is 6.15. The maximum atomic E-state index is 13.2. The lowest BCUT2D eigenvalue weighted by Gasteiger charge is -2.07. The molecule has 166 valence electrons. The normalized spacial score (nSPS) is 11.5. The van der Waals surface area contributed by atoms with Crippen LogP contribution in [0.25, 0.3) is 0 Å². The van der Waals surface area contributed by atoms with Crippen LogP contribution in [0.5, 0.6) is 0 Å².